The van der Waals surface area contributed by atoms with Crippen LogP contribution in [0.15, 0.2) is 24.3 Å². The molecule has 20 heavy (non-hydrogen) atoms. The molecule has 0 aromatic heterocycles. The van der Waals surface area contributed by atoms with E-state index in [2.05, 4.69) is 55.3 Å². The summed E-state index contributed by atoms with van der Waals surface area (Å²) in [4.78, 5) is 2.65. The van der Waals surface area contributed by atoms with Gasteiger partial charge in [-0.3, -0.25) is 4.90 Å². The fourth-order valence-electron chi connectivity index (χ4n) is 3.12. The van der Waals surface area contributed by atoms with Gasteiger partial charge < -0.3 is 5.32 Å². The zero-order valence-corrected chi connectivity index (χ0v) is 13.4. The first-order chi connectivity index (χ1) is 9.69. The Morgan fingerprint density at radius 1 is 1.20 bits per heavy atom. The zero-order valence-electron chi connectivity index (χ0n) is 13.4. The van der Waals surface area contributed by atoms with E-state index >= 15 is 0 Å². The Labute approximate surface area is 124 Å². The van der Waals surface area contributed by atoms with Gasteiger partial charge in [-0.25, -0.2) is 0 Å². The minimum atomic E-state index is 0.727. The smallest absolute Gasteiger partial charge is 0.0237 e. The van der Waals surface area contributed by atoms with Crippen LogP contribution in [0.1, 0.15) is 44.7 Å². The molecule has 0 aliphatic carbocycles. The monoisotopic (exact) mass is 274 g/mol. The Morgan fingerprint density at radius 2 is 1.90 bits per heavy atom. The summed E-state index contributed by atoms with van der Waals surface area (Å²) in [5.74, 6) is 0.738. The second-order valence-corrected chi connectivity index (χ2v) is 6.53. The van der Waals surface area contributed by atoms with Crippen molar-refractivity contribution >= 4 is 0 Å². The average molecular weight is 274 g/mol. The summed E-state index contributed by atoms with van der Waals surface area (Å²) < 4.78 is 0. The SMILES string of the molecule is CCCN(Cc1ccc(CC(C)C)cc1)C1CCNC1. The summed E-state index contributed by atoms with van der Waals surface area (Å²) in [6, 6.07) is 10.00. The van der Waals surface area contributed by atoms with Gasteiger partial charge >= 0.3 is 0 Å². The van der Waals surface area contributed by atoms with E-state index in [1.54, 1.807) is 0 Å². The molecule has 1 N–H and O–H groups in total. The van der Waals surface area contributed by atoms with Gasteiger partial charge in [-0.05, 0) is 49.4 Å². The lowest BCUT2D eigenvalue weighted by molar-refractivity contribution is 0.199. The first kappa shape index (κ1) is 15.5. The third kappa shape index (κ3) is 4.60. The van der Waals surface area contributed by atoms with Gasteiger partial charge in [-0.1, -0.05) is 45.0 Å². The third-order valence-electron chi connectivity index (χ3n) is 4.11. The Bertz CT molecular complexity index is 377. The highest BCUT2D eigenvalue weighted by Gasteiger charge is 2.21. The molecule has 1 atom stereocenters. The Balaban J connectivity index is 1.95. The predicted octanol–water partition coefficient (Wildman–Crippen LogP) is 3.46. The second kappa shape index (κ2) is 7.80. The lowest BCUT2D eigenvalue weighted by Gasteiger charge is -2.28. The van der Waals surface area contributed by atoms with Gasteiger partial charge in [-0.2, -0.15) is 0 Å². The predicted molar refractivity (Wildman–Crippen MR) is 87.0 cm³/mol. The maximum atomic E-state index is 3.49. The topological polar surface area (TPSA) is 15.3 Å². The third-order valence-corrected chi connectivity index (χ3v) is 4.11. The van der Waals surface area contributed by atoms with Crippen molar-refractivity contribution in [2.24, 2.45) is 5.92 Å². The minimum Gasteiger partial charge on any atom is -0.315 e. The Morgan fingerprint density at radius 3 is 2.45 bits per heavy atom. The van der Waals surface area contributed by atoms with Crippen LogP contribution in [0.3, 0.4) is 0 Å². The highest BCUT2D eigenvalue weighted by molar-refractivity contribution is 5.23. The van der Waals surface area contributed by atoms with E-state index in [1.807, 2.05) is 0 Å². The summed E-state index contributed by atoms with van der Waals surface area (Å²) >= 11 is 0. The summed E-state index contributed by atoms with van der Waals surface area (Å²) in [7, 11) is 0. The standard InChI is InChI=1S/C18H30N2/c1-4-11-20(18-9-10-19-13-18)14-17-7-5-16(6-8-17)12-15(2)3/h5-8,15,18-19H,4,9-14H2,1-3H3. The van der Waals surface area contributed by atoms with Crippen molar-refractivity contribution in [3.63, 3.8) is 0 Å². The molecular weight excluding hydrogens is 244 g/mol. The maximum Gasteiger partial charge on any atom is 0.0237 e. The fraction of sp³-hybridized carbons (Fsp3) is 0.667. The van der Waals surface area contributed by atoms with E-state index < -0.39 is 0 Å². The summed E-state index contributed by atoms with van der Waals surface area (Å²) in [6.45, 7) is 11.5. The molecule has 2 heteroatoms. The molecule has 1 aromatic carbocycles. The largest absolute Gasteiger partial charge is 0.315 e. The van der Waals surface area contributed by atoms with Crippen molar-refractivity contribution in [3.05, 3.63) is 35.4 Å². The van der Waals surface area contributed by atoms with Crippen molar-refractivity contribution in [3.8, 4) is 0 Å². The normalized spacial score (nSPS) is 19.1. The van der Waals surface area contributed by atoms with E-state index in [1.165, 1.54) is 43.5 Å². The molecule has 1 aliphatic rings. The second-order valence-electron chi connectivity index (χ2n) is 6.53. The molecule has 1 aliphatic heterocycles. The van der Waals surface area contributed by atoms with Gasteiger partial charge in [0.2, 0.25) is 0 Å². The minimum absolute atomic E-state index is 0.727. The molecule has 1 aromatic rings. The van der Waals surface area contributed by atoms with Crippen LogP contribution in [-0.4, -0.2) is 30.6 Å². The lowest BCUT2D eigenvalue weighted by Crippen LogP contribution is -2.36. The molecule has 1 unspecified atom stereocenters. The molecule has 0 saturated carbocycles. The van der Waals surface area contributed by atoms with Crippen LogP contribution >= 0.6 is 0 Å². The highest BCUT2D eigenvalue weighted by Crippen LogP contribution is 2.16. The van der Waals surface area contributed by atoms with Crippen LogP contribution in [0.25, 0.3) is 0 Å². The van der Waals surface area contributed by atoms with Crippen LogP contribution in [-0.2, 0) is 13.0 Å². The summed E-state index contributed by atoms with van der Waals surface area (Å²) in [6.07, 6.45) is 3.72. The molecule has 0 bridgehead atoms. The van der Waals surface area contributed by atoms with E-state index in [4.69, 9.17) is 0 Å². The number of hydrogen-bond donors (Lipinski definition) is 1. The van der Waals surface area contributed by atoms with Crippen LogP contribution < -0.4 is 5.32 Å². The van der Waals surface area contributed by atoms with Gasteiger partial charge in [0.25, 0.3) is 0 Å². The molecule has 0 spiro atoms. The zero-order chi connectivity index (χ0) is 14.4. The molecule has 2 rings (SSSR count). The van der Waals surface area contributed by atoms with E-state index in [0.29, 0.717) is 0 Å². The molecule has 112 valence electrons. The van der Waals surface area contributed by atoms with Crippen molar-refractivity contribution in [1.29, 1.82) is 0 Å². The van der Waals surface area contributed by atoms with Crippen molar-refractivity contribution in [2.75, 3.05) is 19.6 Å². The molecule has 1 fully saturated rings. The Hall–Kier alpha value is -0.860. The van der Waals surface area contributed by atoms with Gasteiger partial charge in [0.15, 0.2) is 0 Å². The molecule has 0 amide bonds. The van der Waals surface area contributed by atoms with E-state index in [-0.39, 0.29) is 0 Å². The van der Waals surface area contributed by atoms with Crippen LogP contribution in [0.4, 0.5) is 0 Å². The fourth-order valence-corrected chi connectivity index (χ4v) is 3.12. The van der Waals surface area contributed by atoms with Crippen molar-refractivity contribution < 1.29 is 0 Å². The van der Waals surface area contributed by atoms with Gasteiger partial charge in [0, 0.05) is 19.1 Å². The summed E-state index contributed by atoms with van der Waals surface area (Å²) in [5.41, 5.74) is 2.92. The van der Waals surface area contributed by atoms with Crippen molar-refractivity contribution in [2.45, 2.75) is 52.6 Å². The van der Waals surface area contributed by atoms with Gasteiger partial charge in [0.1, 0.15) is 0 Å². The van der Waals surface area contributed by atoms with Crippen LogP contribution in [0.2, 0.25) is 0 Å². The first-order valence-corrected chi connectivity index (χ1v) is 8.21. The number of nitrogens with zero attached hydrogens (tertiary/aromatic N) is 1. The Kier molecular flexibility index (Phi) is 6.06. The summed E-state index contributed by atoms with van der Waals surface area (Å²) in [5, 5.41) is 3.49. The number of hydrogen-bond acceptors (Lipinski definition) is 2. The van der Waals surface area contributed by atoms with Gasteiger partial charge in [0.05, 0.1) is 0 Å². The van der Waals surface area contributed by atoms with Crippen LogP contribution in [0.5, 0.6) is 0 Å². The average Bonchev–Trinajstić information content (AvgIpc) is 2.94. The number of nitrogens with one attached hydrogen (secondary N) is 1. The van der Waals surface area contributed by atoms with E-state index in [9.17, 15) is 0 Å². The molecule has 2 nitrogen and oxygen atoms in total. The molecule has 0 radical (unpaired) electrons. The molecule has 1 saturated heterocycles. The first-order valence-electron chi connectivity index (χ1n) is 8.21. The number of benzene rings is 1. The quantitative estimate of drug-likeness (QED) is 0.819. The lowest BCUT2D eigenvalue weighted by atomic mass is 10.0. The van der Waals surface area contributed by atoms with Crippen molar-refractivity contribution in [1.82, 2.24) is 10.2 Å². The maximum absolute atomic E-state index is 3.49. The highest BCUT2D eigenvalue weighted by atomic mass is 15.2. The number of rotatable bonds is 7. The molecule has 1 heterocycles. The molecular formula is C18H30N2. The van der Waals surface area contributed by atoms with Gasteiger partial charge in [-0.15, -0.1) is 0 Å². The van der Waals surface area contributed by atoms with E-state index in [0.717, 1.165) is 25.0 Å². The van der Waals surface area contributed by atoms with Crippen LogP contribution in [0, 0.1) is 5.92 Å².